The maximum atomic E-state index is 11.0. The molecule has 3 atom stereocenters. The lowest BCUT2D eigenvalue weighted by atomic mass is 10.1. The molecule has 1 nitrogen and oxygen atoms in total. The number of ketones is 1. The third-order valence-corrected chi connectivity index (χ3v) is 3.06. The molecule has 2 heteroatoms. The van der Waals surface area contributed by atoms with E-state index < -0.39 is 0 Å². The molecule has 0 unspecified atom stereocenters. The van der Waals surface area contributed by atoms with E-state index in [1.165, 1.54) is 0 Å². The summed E-state index contributed by atoms with van der Waals surface area (Å²) in [5.41, 5.74) is 0. The smallest absolute Gasteiger partial charge is 0.136 e. The molecule has 0 heterocycles. The summed E-state index contributed by atoms with van der Waals surface area (Å²) < 4.78 is 0. The van der Waals surface area contributed by atoms with Crippen LogP contribution in [0.5, 0.6) is 0 Å². The second-order valence-electron chi connectivity index (χ2n) is 3.04. The van der Waals surface area contributed by atoms with Crippen LogP contribution in [0, 0.1) is 17.8 Å². The van der Waals surface area contributed by atoms with Gasteiger partial charge in [-0.1, -0.05) is 0 Å². The van der Waals surface area contributed by atoms with Crippen LogP contribution in [-0.4, -0.2) is 11.5 Å². The van der Waals surface area contributed by atoms with Crippen LogP contribution in [0.3, 0.4) is 0 Å². The van der Waals surface area contributed by atoms with Gasteiger partial charge in [0.2, 0.25) is 0 Å². The Bertz CT molecular complexity index is 151. The standard InChI is InChI=1S/C7H10OS/c8-6-2-1-4-5(3-9)7(4)6/h4-5,7,9H,1-3H2/t4-,5-,7-/m0/s1. The van der Waals surface area contributed by atoms with Crippen molar-refractivity contribution in [2.75, 3.05) is 5.75 Å². The Kier molecular flexibility index (Phi) is 1.12. The maximum absolute atomic E-state index is 11.0. The van der Waals surface area contributed by atoms with Crippen molar-refractivity contribution >= 4 is 18.4 Å². The van der Waals surface area contributed by atoms with Crippen molar-refractivity contribution in [2.24, 2.45) is 17.8 Å². The first kappa shape index (κ1) is 5.78. The van der Waals surface area contributed by atoms with E-state index >= 15 is 0 Å². The molecule has 2 rings (SSSR count). The largest absolute Gasteiger partial charge is 0.299 e. The van der Waals surface area contributed by atoms with Crippen molar-refractivity contribution in [1.82, 2.24) is 0 Å². The van der Waals surface area contributed by atoms with Gasteiger partial charge in [0.15, 0.2) is 0 Å². The number of thiol groups is 1. The average molecular weight is 142 g/mol. The fraction of sp³-hybridized carbons (Fsp3) is 0.857. The van der Waals surface area contributed by atoms with Gasteiger partial charge in [0.05, 0.1) is 0 Å². The Morgan fingerprint density at radius 2 is 2.44 bits per heavy atom. The summed E-state index contributed by atoms with van der Waals surface area (Å²) in [6, 6.07) is 0. The molecule has 0 spiro atoms. The highest BCUT2D eigenvalue weighted by Crippen LogP contribution is 2.55. The monoisotopic (exact) mass is 142 g/mol. The second-order valence-corrected chi connectivity index (χ2v) is 3.41. The Morgan fingerprint density at radius 1 is 1.67 bits per heavy atom. The van der Waals surface area contributed by atoms with Gasteiger partial charge in [0.25, 0.3) is 0 Å². The van der Waals surface area contributed by atoms with E-state index in [1.54, 1.807) is 0 Å². The summed E-state index contributed by atoms with van der Waals surface area (Å²) in [7, 11) is 0. The zero-order valence-electron chi connectivity index (χ0n) is 5.21. The van der Waals surface area contributed by atoms with Gasteiger partial charge in [-0.15, -0.1) is 0 Å². The van der Waals surface area contributed by atoms with E-state index in [2.05, 4.69) is 12.6 Å². The van der Waals surface area contributed by atoms with Gasteiger partial charge >= 0.3 is 0 Å². The molecule has 0 saturated heterocycles. The Labute approximate surface area is 60.2 Å². The molecule has 0 amide bonds. The molecule has 2 aliphatic carbocycles. The molecule has 0 aromatic heterocycles. The van der Waals surface area contributed by atoms with Crippen LogP contribution in [0.4, 0.5) is 0 Å². The van der Waals surface area contributed by atoms with Gasteiger partial charge in [-0.05, 0) is 24.0 Å². The fourth-order valence-corrected chi connectivity index (χ4v) is 2.54. The average Bonchev–Trinajstić information content (AvgIpc) is 2.46. The summed E-state index contributed by atoms with van der Waals surface area (Å²) in [5, 5.41) is 0. The molecule has 0 aromatic carbocycles. The molecule has 0 N–H and O–H groups in total. The molecule has 50 valence electrons. The van der Waals surface area contributed by atoms with Crippen LogP contribution in [0.15, 0.2) is 0 Å². The van der Waals surface area contributed by atoms with Crippen LogP contribution < -0.4 is 0 Å². The fourth-order valence-electron chi connectivity index (χ4n) is 2.04. The first-order chi connectivity index (χ1) is 4.34. The highest BCUT2D eigenvalue weighted by atomic mass is 32.1. The summed E-state index contributed by atoms with van der Waals surface area (Å²) in [6.45, 7) is 0. The summed E-state index contributed by atoms with van der Waals surface area (Å²) in [6.07, 6.45) is 1.99. The van der Waals surface area contributed by atoms with Gasteiger partial charge in [-0.25, -0.2) is 0 Å². The second kappa shape index (κ2) is 1.75. The van der Waals surface area contributed by atoms with Gasteiger partial charge in [-0.2, -0.15) is 12.6 Å². The third kappa shape index (κ3) is 0.658. The maximum Gasteiger partial charge on any atom is 0.136 e. The molecule has 2 aliphatic rings. The number of carbonyl (C=O) groups excluding carboxylic acids is 1. The number of rotatable bonds is 1. The minimum Gasteiger partial charge on any atom is -0.299 e. The van der Waals surface area contributed by atoms with E-state index in [9.17, 15) is 4.79 Å². The quantitative estimate of drug-likeness (QED) is 0.543. The minimum absolute atomic E-state index is 0.447. The van der Waals surface area contributed by atoms with Gasteiger partial charge in [0, 0.05) is 12.3 Å². The predicted octanol–water partition coefficient (Wildman–Crippen LogP) is 1.14. The zero-order chi connectivity index (χ0) is 6.43. The summed E-state index contributed by atoms with van der Waals surface area (Å²) >= 11 is 4.17. The molecule has 2 saturated carbocycles. The van der Waals surface area contributed by atoms with Gasteiger partial charge < -0.3 is 0 Å². The van der Waals surface area contributed by atoms with Gasteiger partial charge in [-0.3, -0.25) is 4.79 Å². The Morgan fingerprint density at radius 3 is 2.78 bits per heavy atom. The predicted molar refractivity (Wildman–Crippen MR) is 38.6 cm³/mol. The Balaban J connectivity index is 2.06. The van der Waals surface area contributed by atoms with Crippen molar-refractivity contribution < 1.29 is 4.79 Å². The highest BCUT2D eigenvalue weighted by molar-refractivity contribution is 7.80. The topological polar surface area (TPSA) is 17.1 Å². The number of fused-ring (bicyclic) bond motifs is 1. The van der Waals surface area contributed by atoms with Crippen LogP contribution in [0.2, 0.25) is 0 Å². The SMILES string of the molecule is O=C1CC[C@H]2[C@H](CS)[C@@H]12. The third-order valence-electron chi connectivity index (χ3n) is 2.64. The zero-order valence-corrected chi connectivity index (χ0v) is 6.10. The van der Waals surface area contributed by atoms with Crippen LogP contribution in [0.1, 0.15) is 12.8 Å². The van der Waals surface area contributed by atoms with E-state index in [1.807, 2.05) is 0 Å². The lowest BCUT2D eigenvalue weighted by molar-refractivity contribution is -0.119. The van der Waals surface area contributed by atoms with Gasteiger partial charge in [0.1, 0.15) is 5.78 Å². The number of Topliss-reactive ketones (excluding diaryl/α,β-unsaturated/α-hetero) is 1. The van der Waals surface area contributed by atoms with Crippen molar-refractivity contribution in [3.05, 3.63) is 0 Å². The van der Waals surface area contributed by atoms with Crippen LogP contribution in [-0.2, 0) is 4.79 Å². The normalized spacial score (nSPS) is 47.2. The summed E-state index contributed by atoms with van der Waals surface area (Å²) in [5.74, 6) is 3.27. The molecular weight excluding hydrogens is 132 g/mol. The van der Waals surface area contributed by atoms with E-state index in [-0.39, 0.29) is 0 Å². The molecule has 0 radical (unpaired) electrons. The van der Waals surface area contributed by atoms with Crippen molar-refractivity contribution in [2.45, 2.75) is 12.8 Å². The first-order valence-electron chi connectivity index (χ1n) is 3.48. The molecular formula is C7H10OS. The summed E-state index contributed by atoms with van der Waals surface area (Å²) in [4.78, 5) is 11.0. The number of hydrogen-bond acceptors (Lipinski definition) is 2. The van der Waals surface area contributed by atoms with E-state index in [0.717, 1.165) is 24.5 Å². The molecule has 0 aliphatic heterocycles. The molecule has 0 bridgehead atoms. The minimum atomic E-state index is 0.447. The molecule has 0 aromatic rings. The molecule has 9 heavy (non-hydrogen) atoms. The van der Waals surface area contributed by atoms with E-state index in [0.29, 0.717) is 17.6 Å². The number of hydrogen-bond donors (Lipinski definition) is 1. The van der Waals surface area contributed by atoms with Crippen LogP contribution >= 0.6 is 12.6 Å². The Hall–Kier alpha value is 0.0200. The number of carbonyl (C=O) groups is 1. The van der Waals surface area contributed by atoms with E-state index in [4.69, 9.17) is 0 Å². The lowest BCUT2D eigenvalue weighted by Crippen LogP contribution is -1.99. The van der Waals surface area contributed by atoms with Crippen LogP contribution in [0.25, 0.3) is 0 Å². The molecule has 2 fully saturated rings. The highest BCUT2D eigenvalue weighted by Gasteiger charge is 2.56. The first-order valence-corrected chi connectivity index (χ1v) is 4.11. The van der Waals surface area contributed by atoms with Crippen molar-refractivity contribution in [1.29, 1.82) is 0 Å². The van der Waals surface area contributed by atoms with Crippen molar-refractivity contribution in [3.63, 3.8) is 0 Å². The van der Waals surface area contributed by atoms with Crippen molar-refractivity contribution in [3.8, 4) is 0 Å². The lowest BCUT2D eigenvalue weighted by Gasteiger charge is -1.94.